The molecule has 4 heteroatoms. The van der Waals surface area contributed by atoms with Crippen LogP contribution in [0, 0.1) is 11.7 Å². The summed E-state index contributed by atoms with van der Waals surface area (Å²) in [6.07, 6.45) is 3.34. The number of ether oxygens (including phenoxy) is 1. The Morgan fingerprint density at radius 2 is 2.35 bits per heavy atom. The number of likely N-dealkylation sites (tertiary alicyclic amines) is 1. The van der Waals surface area contributed by atoms with Gasteiger partial charge in [-0.1, -0.05) is 12.1 Å². The van der Waals surface area contributed by atoms with Crippen LogP contribution in [0.3, 0.4) is 0 Å². The quantitative estimate of drug-likeness (QED) is 0.870. The maximum absolute atomic E-state index is 13.2. The molecule has 1 aromatic carbocycles. The van der Waals surface area contributed by atoms with Gasteiger partial charge in [0.25, 0.3) is 0 Å². The van der Waals surface area contributed by atoms with Crippen molar-refractivity contribution in [2.75, 3.05) is 33.4 Å². The van der Waals surface area contributed by atoms with E-state index in [-0.39, 0.29) is 11.9 Å². The molecule has 2 rings (SSSR count). The molecular formula is C16H25FN2O. The maximum atomic E-state index is 13.2. The first-order valence-electron chi connectivity index (χ1n) is 7.41. The lowest BCUT2D eigenvalue weighted by molar-refractivity contribution is 0.0892. The molecule has 0 amide bonds. The van der Waals surface area contributed by atoms with E-state index in [4.69, 9.17) is 10.5 Å². The van der Waals surface area contributed by atoms with Gasteiger partial charge < -0.3 is 15.4 Å². The fraction of sp³-hybridized carbons (Fsp3) is 0.625. The van der Waals surface area contributed by atoms with Crippen molar-refractivity contribution in [1.82, 2.24) is 4.90 Å². The number of piperidine rings is 1. The van der Waals surface area contributed by atoms with E-state index in [0.29, 0.717) is 5.92 Å². The Bertz CT molecular complexity index is 411. The fourth-order valence-electron chi connectivity index (χ4n) is 2.95. The third-order valence-electron chi connectivity index (χ3n) is 4.04. The molecule has 0 spiro atoms. The van der Waals surface area contributed by atoms with Gasteiger partial charge in [0, 0.05) is 19.7 Å². The van der Waals surface area contributed by atoms with Gasteiger partial charge in [0.1, 0.15) is 5.82 Å². The highest BCUT2D eigenvalue weighted by atomic mass is 19.1. The first kappa shape index (κ1) is 15.4. The average Bonchev–Trinajstić information content (AvgIpc) is 2.45. The van der Waals surface area contributed by atoms with Crippen molar-refractivity contribution >= 4 is 0 Å². The Morgan fingerprint density at radius 3 is 3.10 bits per heavy atom. The van der Waals surface area contributed by atoms with Gasteiger partial charge in [-0.2, -0.15) is 0 Å². The minimum Gasteiger partial charge on any atom is -0.384 e. The molecule has 0 aliphatic carbocycles. The third kappa shape index (κ3) is 4.54. The van der Waals surface area contributed by atoms with E-state index >= 15 is 0 Å². The van der Waals surface area contributed by atoms with Crippen LogP contribution in [-0.2, 0) is 4.74 Å². The summed E-state index contributed by atoms with van der Waals surface area (Å²) in [7, 11) is 1.76. The van der Waals surface area contributed by atoms with E-state index in [2.05, 4.69) is 4.90 Å². The van der Waals surface area contributed by atoms with Crippen LogP contribution in [0.1, 0.15) is 30.9 Å². The van der Waals surface area contributed by atoms with Crippen LogP contribution < -0.4 is 5.73 Å². The zero-order valence-electron chi connectivity index (χ0n) is 12.2. The highest BCUT2D eigenvalue weighted by molar-refractivity contribution is 5.19. The molecule has 2 unspecified atom stereocenters. The van der Waals surface area contributed by atoms with Gasteiger partial charge in [-0.3, -0.25) is 0 Å². The number of hydrogen-bond donors (Lipinski definition) is 1. The van der Waals surface area contributed by atoms with Crippen molar-refractivity contribution < 1.29 is 9.13 Å². The van der Waals surface area contributed by atoms with Crippen molar-refractivity contribution in [3.05, 3.63) is 35.6 Å². The number of nitrogens with two attached hydrogens (primary N) is 1. The molecule has 1 aliphatic rings. The molecule has 0 saturated carbocycles. The largest absolute Gasteiger partial charge is 0.384 e. The van der Waals surface area contributed by atoms with Crippen LogP contribution in [0.25, 0.3) is 0 Å². The summed E-state index contributed by atoms with van der Waals surface area (Å²) in [4.78, 5) is 2.45. The minimum absolute atomic E-state index is 0.0894. The fourth-order valence-corrected chi connectivity index (χ4v) is 2.95. The van der Waals surface area contributed by atoms with Crippen molar-refractivity contribution in [1.29, 1.82) is 0 Å². The Balaban J connectivity index is 1.79. The highest BCUT2D eigenvalue weighted by Crippen LogP contribution is 2.20. The summed E-state index contributed by atoms with van der Waals surface area (Å²) >= 11 is 0. The lowest BCUT2D eigenvalue weighted by Gasteiger charge is -2.33. The van der Waals surface area contributed by atoms with Gasteiger partial charge in [-0.05, 0) is 56.0 Å². The third-order valence-corrected chi connectivity index (χ3v) is 4.04. The summed E-state index contributed by atoms with van der Waals surface area (Å²) in [6.45, 7) is 4.03. The molecule has 1 saturated heterocycles. The van der Waals surface area contributed by atoms with E-state index < -0.39 is 0 Å². The van der Waals surface area contributed by atoms with Gasteiger partial charge in [-0.25, -0.2) is 4.39 Å². The summed E-state index contributed by atoms with van der Waals surface area (Å²) in [5, 5.41) is 0. The van der Waals surface area contributed by atoms with Gasteiger partial charge in [0.15, 0.2) is 0 Å². The van der Waals surface area contributed by atoms with Crippen LogP contribution in [-0.4, -0.2) is 38.3 Å². The molecule has 1 aliphatic heterocycles. The van der Waals surface area contributed by atoms with Gasteiger partial charge in [0.05, 0.1) is 6.61 Å². The number of benzene rings is 1. The Kier molecular flexibility index (Phi) is 5.95. The molecule has 112 valence electrons. The molecule has 1 fully saturated rings. The molecule has 0 radical (unpaired) electrons. The minimum atomic E-state index is -0.212. The molecule has 20 heavy (non-hydrogen) atoms. The molecule has 3 nitrogen and oxygen atoms in total. The normalized spacial score (nSPS) is 21.9. The predicted molar refractivity (Wildman–Crippen MR) is 79.0 cm³/mol. The molecule has 0 aromatic heterocycles. The molecule has 2 N–H and O–H groups in total. The summed E-state index contributed by atoms with van der Waals surface area (Å²) in [5.41, 5.74) is 7.04. The molecular weight excluding hydrogens is 255 g/mol. The average molecular weight is 280 g/mol. The second-order valence-corrected chi connectivity index (χ2v) is 5.71. The van der Waals surface area contributed by atoms with Crippen LogP contribution in [0.5, 0.6) is 0 Å². The summed E-state index contributed by atoms with van der Waals surface area (Å²) in [5.74, 6) is 0.426. The van der Waals surface area contributed by atoms with Crippen LogP contribution in [0.15, 0.2) is 24.3 Å². The standard InChI is InChI=1S/C16H25FN2O/c1-20-12-13-4-3-8-19(11-13)9-7-16(18)14-5-2-6-15(17)10-14/h2,5-6,10,13,16H,3-4,7-9,11-12,18H2,1H3. The zero-order chi connectivity index (χ0) is 14.4. The SMILES string of the molecule is COCC1CCCN(CCC(N)c2cccc(F)c2)C1. The Hall–Kier alpha value is -0.970. The molecule has 1 heterocycles. The van der Waals surface area contributed by atoms with E-state index in [9.17, 15) is 4.39 Å². The smallest absolute Gasteiger partial charge is 0.123 e. The van der Waals surface area contributed by atoms with Crippen molar-refractivity contribution in [3.63, 3.8) is 0 Å². The van der Waals surface area contributed by atoms with Crippen molar-refractivity contribution in [2.24, 2.45) is 11.7 Å². The summed E-state index contributed by atoms with van der Waals surface area (Å²) < 4.78 is 18.4. The first-order valence-corrected chi connectivity index (χ1v) is 7.41. The maximum Gasteiger partial charge on any atom is 0.123 e. The van der Waals surface area contributed by atoms with Gasteiger partial charge >= 0.3 is 0 Å². The van der Waals surface area contributed by atoms with E-state index in [1.54, 1.807) is 13.2 Å². The number of hydrogen-bond acceptors (Lipinski definition) is 3. The van der Waals surface area contributed by atoms with Crippen LogP contribution in [0.4, 0.5) is 4.39 Å². The van der Waals surface area contributed by atoms with E-state index in [0.717, 1.165) is 38.2 Å². The van der Waals surface area contributed by atoms with Crippen molar-refractivity contribution in [3.8, 4) is 0 Å². The lowest BCUT2D eigenvalue weighted by Crippen LogP contribution is -2.38. The topological polar surface area (TPSA) is 38.5 Å². The summed E-state index contributed by atoms with van der Waals surface area (Å²) in [6, 6.07) is 6.52. The Morgan fingerprint density at radius 1 is 1.50 bits per heavy atom. The highest BCUT2D eigenvalue weighted by Gasteiger charge is 2.20. The lowest BCUT2D eigenvalue weighted by atomic mass is 9.98. The second-order valence-electron chi connectivity index (χ2n) is 5.71. The zero-order valence-corrected chi connectivity index (χ0v) is 12.2. The predicted octanol–water partition coefficient (Wildman–Crippen LogP) is 2.57. The first-order chi connectivity index (χ1) is 9.69. The number of halogens is 1. The van der Waals surface area contributed by atoms with E-state index in [1.807, 2.05) is 6.07 Å². The molecule has 1 aromatic rings. The molecule has 0 bridgehead atoms. The van der Waals surface area contributed by atoms with Gasteiger partial charge in [0.2, 0.25) is 0 Å². The van der Waals surface area contributed by atoms with Gasteiger partial charge in [-0.15, -0.1) is 0 Å². The Labute approximate surface area is 120 Å². The van der Waals surface area contributed by atoms with Crippen LogP contribution in [0.2, 0.25) is 0 Å². The number of rotatable bonds is 6. The number of nitrogens with zero attached hydrogens (tertiary/aromatic N) is 1. The van der Waals surface area contributed by atoms with E-state index in [1.165, 1.54) is 25.0 Å². The monoisotopic (exact) mass is 280 g/mol. The van der Waals surface area contributed by atoms with Crippen LogP contribution >= 0.6 is 0 Å². The second kappa shape index (κ2) is 7.72. The number of methoxy groups -OCH3 is 1. The molecule has 2 atom stereocenters. The van der Waals surface area contributed by atoms with Crippen molar-refractivity contribution in [2.45, 2.75) is 25.3 Å².